The SMILES string of the molecule is O=c1ccc2c(Br)c3c(cc2o1)C(c1ccccc1)CC(c1ccccc1)N3. The van der Waals surface area contributed by atoms with Crippen LogP contribution >= 0.6 is 15.9 Å². The lowest BCUT2D eigenvalue weighted by Crippen LogP contribution is -2.23. The second-order valence-electron chi connectivity index (χ2n) is 7.13. The van der Waals surface area contributed by atoms with Crippen LogP contribution in [0.15, 0.2) is 92.5 Å². The third-order valence-corrected chi connectivity index (χ3v) is 6.29. The highest BCUT2D eigenvalue weighted by atomic mass is 79.9. The smallest absolute Gasteiger partial charge is 0.336 e. The van der Waals surface area contributed by atoms with Crippen LogP contribution in [-0.2, 0) is 0 Å². The van der Waals surface area contributed by atoms with Crippen molar-refractivity contribution in [1.82, 2.24) is 0 Å². The van der Waals surface area contributed by atoms with E-state index in [0.29, 0.717) is 5.58 Å². The molecule has 1 N–H and O–H groups in total. The van der Waals surface area contributed by atoms with E-state index in [9.17, 15) is 4.79 Å². The van der Waals surface area contributed by atoms with Gasteiger partial charge in [0.05, 0.1) is 16.2 Å². The molecule has 0 bridgehead atoms. The van der Waals surface area contributed by atoms with E-state index in [-0.39, 0.29) is 17.6 Å². The van der Waals surface area contributed by atoms with Crippen molar-refractivity contribution in [3.05, 3.63) is 110 Å². The maximum atomic E-state index is 11.8. The number of halogens is 1. The zero-order valence-corrected chi connectivity index (χ0v) is 16.6. The Morgan fingerprint density at radius 3 is 2.29 bits per heavy atom. The fourth-order valence-corrected chi connectivity index (χ4v) is 4.79. The van der Waals surface area contributed by atoms with Gasteiger partial charge in [-0.3, -0.25) is 0 Å². The van der Waals surface area contributed by atoms with E-state index in [2.05, 4.69) is 69.8 Å². The largest absolute Gasteiger partial charge is 0.423 e. The molecule has 3 aromatic carbocycles. The fourth-order valence-electron chi connectivity index (χ4n) is 4.12. The first-order valence-electron chi connectivity index (χ1n) is 9.33. The average molecular weight is 432 g/mol. The summed E-state index contributed by atoms with van der Waals surface area (Å²) >= 11 is 3.77. The standard InChI is InChI=1S/C24H18BrNO2/c25-23-17-11-12-22(27)28-21(17)14-19-18(15-7-3-1-4-8-15)13-20(26-24(19)23)16-9-5-2-6-10-16/h1-12,14,18,20,26H,13H2. The Bertz CT molecular complexity index is 1200. The van der Waals surface area contributed by atoms with Gasteiger partial charge in [-0.25, -0.2) is 4.79 Å². The highest BCUT2D eigenvalue weighted by Gasteiger charge is 2.31. The zero-order valence-electron chi connectivity index (χ0n) is 15.1. The average Bonchev–Trinajstić information content (AvgIpc) is 2.74. The van der Waals surface area contributed by atoms with Crippen molar-refractivity contribution in [3.63, 3.8) is 0 Å². The number of anilines is 1. The fraction of sp³-hybridized carbons (Fsp3) is 0.125. The molecule has 1 aliphatic heterocycles. The predicted molar refractivity (Wildman–Crippen MR) is 116 cm³/mol. The molecule has 0 radical (unpaired) electrons. The van der Waals surface area contributed by atoms with Gasteiger partial charge in [-0.1, -0.05) is 60.7 Å². The molecule has 2 unspecified atom stereocenters. The molecule has 0 saturated heterocycles. The third kappa shape index (κ3) is 2.94. The van der Waals surface area contributed by atoms with Crippen molar-refractivity contribution in [2.75, 3.05) is 5.32 Å². The molecule has 4 heteroatoms. The van der Waals surface area contributed by atoms with Gasteiger partial charge < -0.3 is 9.73 Å². The molecule has 138 valence electrons. The van der Waals surface area contributed by atoms with Crippen LogP contribution in [0, 0.1) is 0 Å². The van der Waals surface area contributed by atoms with Crippen LogP contribution in [0.1, 0.15) is 35.1 Å². The van der Waals surface area contributed by atoms with E-state index in [0.717, 1.165) is 27.5 Å². The number of fused-ring (bicyclic) bond motifs is 2. The Kier molecular flexibility index (Phi) is 4.29. The second-order valence-corrected chi connectivity index (χ2v) is 7.92. The Morgan fingerprint density at radius 1 is 0.893 bits per heavy atom. The third-order valence-electron chi connectivity index (χ3n) is 5.46. The molecule has 1 aliphatic rings. The minimum absolute atomic E-state index is 0.198. The maximum Gasteiger partial charge on any atom is 0.336 e. The first-order valence-corrected chi connectivity index (χ1v) is 10.1. The summed E-state index contributed by atoms with van der Waals surface area (Å²) in [4.78, 5) is 11.8. The molecule has 0 aliphatic carbocycles. The molecular formula is C24H18BrNO2. The van der Waals surface area contributed by atoms with E-state index in [4.69, 9.17) is 4.42 Å². The molecule has 28 heavy (non-hydrogen) atoms. The van der Waals surface area contributed by atoms with Crippen molar-refractivity contribution in [1.29, 1.82) is 0 Å². The van der Waals surface area contributed by atoms with Crippen molar-refractivity contribution in [3.8, 4) is 0 Å². The zero-order chi connectivity index (χ0) is 19.1. The Hall–Kier alpha value is -2.85. The van der Waals surface area contributed by atoms with Crippen LogP contribution in [0.2, 0.25) is 0 Å². The minimum Gasteiger partial charge on any atom is -0.423 e. The Labute approximate surface area is 171 Å². The van der Waals surface area contributed by atoms with Gasteiger partial charge in [-0.05, 0) is 51.2 Å². The lowest BCUT2D eigenvalue weighted by Gasteiger charge is -2.35. The van der Waals surface area contributed by atoms with Gasteiger partial charge in [0.15, 0.2) is 0 Å². The monoisotopic (exact) mass is 431 g/mol. The normalized spacial score (nSPS) is 18.5. The highest BCUT2D eigenvalue weighted by molar-refractivity contribution is 9.10. The first-order chi connectivity index (χ1) is 13.7. The topological polar surface area (TPSA) is 42.2 Å². The van der Waals surface area contributed by atoms with Crippen LogP contribution in [-0.4, -0.2) is 0 Å². The molecule has 3 nitrogen and oxygen atoms in total. The number of hydrogen-bond acceptors (Lipinski definition) is 3. The van der Waals surface area contributed by atoms with Gasteiger partial charge in [0.25, 0.3) is 0 Å². The van der Waals surface area contributed by atoms with Crippen LogP contribution in [0.4, 0.5) is 5.69 Å². The molecule has 0 saturated carbocycles. The summed E-state index contributed by atoms with van der Waals surface area (Å²) in [6, 6.07) is 26.5. The van der Waals surface area contributed by atoms with Crippen LogP contribution < -0.4 is 10.9 Å². The minimum atomic E-state index is -0.332. The van der Waals surface area contributed by atoms with E-state index < -0.39 is 0 Å². The Morgan fingerprint density at radius 2 is 1.57 bits per heavy atom. The summed E-state index contributed by atoms with van der Waals surface area (Å²) < 4.78 is 6.43. The van der Waals surface area contributed by atoms with Crippen molar-refractivity contribution in [2.45, 2.75) is 18.4 Å². The van der Waals surface area contributed by atoms with Gasteiger partial charge in [-0.2, -0.15) is 0 Å². The molecule has 5 rings (SSSR count). The number of rotatable bonds is 2. The molecule has 0 spiro atoms. The van der Waals surface area contributed by atoms with Gasteiger partial charge in [0.2, 0.25) is 0 Å². The summed E-state index contributed by atoms with van der Waals surface area (Å²) in [5.41, 5.74) is 5.01. The Balaban J connectivity index is 1.73. The summed E-state index contributed by atoms with van der Waals surface area (Å²) in [6.45, 7) is 0. The van der Waals surface area contributed by atoms with Gasteiger partial charge in [0.1, 0.15) is 5.58 Å². The molecule has 0 amide bonds. The molecule has 0 fully saturated rings. The van der Waals surface area contributed by atoms with E-state index in [1.165, 1.54) is 17.2 Å². The van der Waals surface area contributed by atoms with Crippen LogP contribution in [0.25, 0.3) is 11.0 Å². The summed E-state index contributed by atoms with van der Waals surface area (Å²) in [6.07, 6.45) is 0.927. The summed E-state index contributed by atoms with van der Waals surface area (Å²) in [5.74, 6) is 0.203. The number of nitrogens with one attached hydrogen (secondary N) is 1. The van der Waals surface area contributed by atoms with E-state index in [1.807, 2.05) is 24.3 Å². The predicted octanol–water partition coefficient (Wildman–Crippen LogP) is 6.24. The maximum absolute atomic E-state index is 11.8. The van der Waals surface area contributed by atoms with Crippen molar-refractivity contribution < 1.29 is 4.42 Å². The molecule has 2 atom stereocenters. The molecular weight excluding hydrogens is 414 g/mol. The molecule has 4 aromatic rings. The summed E-state index contributed by atoms with van der Waals surface area (Å²) in [7, 11) is 0. The lowest BCUT2D eigenvalue weighted by molar-refractivity contribution is 0.557. The van der Waals surface area contributed by atoms with Gasteiger partial charge in [-0.15, -0.1) is 0 Å². The molecule has 2 heterocycles. The quantitative estimate of drug-likeness (QED) is 0.381. The van der Waals surface area contributed by atoms with Crippen molar-refractivity contribution in [2.24, 2.45) is 0 Å². The van der Waals surface area contributed by atoms with Crippen molar-refractivity contribution >= 4 is 32.6 Å². The van der Waals surface area contributed by atoms with Gasteiger partial charge >= 0.3 is 5.63 Å². The van der Waals surface area contributed by atoms with E-state index in [1.54, 1.807) is 0 Å². The van der Waals surface area contributed by atoms with E-state index >= 15 is 0 Å². The highest BCUT2D eigenvalue weighted by Crippen LogP contribution is 2.48. The number of hydrogen-bond donors (Lipinski definition) is 1. The second kappa shape index (κ2) is 6.95. The van der Waals surface area contributed by atoms with Crippen LogP contribution in [0.5, 0.6) is 0 Å². The molecule has 1 aromatic heterocycles. The van der Waals surface area contributed by atoms with Crippen LogP contribution in [0.3, 0.4) is 0 Å². The first kappa shape index (κ1) is 17.3. The number of benzene rings is 3. The lowest BCUT2D eigenvalue weighted by atomic mass is 9.80. The summed E-state index contributed by atoms with van der Waals surface area (Å²) in [5, 5.41) is 4.62. The van der Waals surface area contributed by atoms with Gasteiger partial charge in [0, 0.05) is 17.4 Å².